The van der Waals surface area contributed by atoms with E-state index in [1.807, 2.05) is 19.9 Å². The predicted molar refractivity (Wildman–Crippen MR) is 150 cm³/mol. The van der Waals surface area contributed by atoms with E-state index in [-0.39, 0.29) is 23.3 Å². The van der Waals surface area contributed by atoms with Crippen molar-refractivity contribution >= 4 is 19.2 Å². The van der Waals surface area contributed by atoms with Gasteiger partial charge in [-0.05, 0) is 90.8 Å². The molecular weight excluding hydrogens is 505 g/mol. The molecule has 1 aliphatic rings. The molecule has 0 bridgehead atoms. The molecule has 1 aromatic rings. The molecule has 0 saturated carbocycles. The zero-order chi connectivity index (χ0) is 28.8. The summed E-state index contributed by atoms with van der Waals surface area (Å²) in [4.78, 5) is 25.0. The molecule has 0 fully saturated rings. The van der Waals surface area contributed by atoms with E-state index in [1.165, 1.54) is 13.8 Å². The number of ether oxygens (including phenoxy) is 1. The van der Waals surface area contributed by atoms with Crippen LogP contribution in [0.4, 0.5) is 4.79 Å². The van der Waals surface area contributed by atoms with Crippen LogP contribution in [0.5, 0.6) is 11.5 Å². The highest BCUT2D eigenvalue weighted by Crippen LogP contribution is 2.53. The third kappa shape index (κ3) is 7.97. The molecule has 212 valence electrons. The van der Waals surface area contributed by atoms with Gasteiger partial charge in [0.25, 0.3) is 0 Å². The van der Waals surface area contributed by atoms with E-state index < -0.39 is 30.8 Å². The number of aliphatic carboxylic acids is 1. The maximum atomic E-state index is 14.2. The van der Waals surface area contributed by atoms with Gasteiger partial charge in [-0.3, -0.25) is 4.79 Å². The minimum atomic E-state index is -4.62. The first-order valence-corrected chi connectivity index (χ1v) is 15.0. The van der Waals surface area contributed by atoms with E-state index in [1.54, 1.807) is 26.0 Å². The number of phenols is 1. The Bertz CT molecular complexity index is 1120. The van der Waals surface area contributed by atoms with Crippen molar-refractivity contribution < 1.29 is 33.6 Å². The zero-order valence-electron chi connectivity index (χ0n) is 23.8. The lowest BCUT2D eigenvalue weighted by atomic mass is 9.73. The molecule has 0 aromatic heterocycles. The molecule has 1 aromatic carbocycles. The van der Waals surface area contributed by atoms with Crippen LogP contribution in [-0.2, 0) is 20.5 Å². The Labute approximate surface area is 227 Å². The maximum absolute atomic E-state index is 14.2. The Morgan fingerprint density at radius 3 is 2.47 bits per heavy atom. The number of carbonyl (C=O) groups is 2. The maximum Gasteiger partial charge on any atom is 0.424 e. The molecular formula is C29H44NO7P. The van der Waals surface area contributed by atoms with Crippen LogP contribution in [0, 0.1) is 5.92 Å². The molecule has 9 heteroatoms. The smallest absolute Gasteiger partial charge is 0.424 e. The van der Waals surface area contributed by atoms with Crippen molar-refractivity contribution in [3.05, 3.63) is 47.1 Å². The molecule has 8 nitrogen and oxygen atoms in total. The number of unbranched alkanes of at least 4 members (excludes halogenated alkanes) is 2. The van der Waals surface area contributed by atoms with Gasteiger partial charge >= 0.3 is 19.2 Å². The number of phenolic OH excluding ortho intramolecular Hbond substituents is 1. The number of hydrogen-bond donors (Lipinski definition) is 3. The number of hydrogen-bond acceptors (Lipinski definition) is 6. The highest BCUT2D eigenvalue weighted by Gasteiger charge is 2.46. The first-order valence-electron chi connectivity index (χ1n) is 13.3. The van der Waals surface area contributed by atoms with E-state index >= 15 is 0 Å². The minimum Gasteiger partial charge on any atom is -0.507 e. The largest absolute Gasteiger partial charge is 0.507 e. The molecule has 0 aliphatic heterocycles. The third-order valence-electron chi connectivity index (χ3n) is 6.73. The van der Waals surface area contributed by atoms with Gasteiger partial charge in [-0.15, -0.1) is 0 Å². The van der Waals surface area contributed by atoms with Crippen molar-refractivity contribution in [3.63, 3.8) is 0 Å². The summed E-state index contributed by atoms with van der Waals surface area (Å²) in [7, 11) is -4.62. The lowest BCUT2D eigenvalue weighted by Gasteiger charge is -2.33. The number of benzene rings is 1. The van der Waals surface area contributed by atoms with E-state index in [4.69, 9.17) is 9.26 Å². The van der Waals surface area contributed by atoms with Crippen molar-refractivity contribution in [1.82, 2.24) is 5.09 Å². The van der Waals surface area contributed by atoms with Crippen molar-refractivity contribution in [1.29, 1.82) is 0 Å². The first-order chi connectivity index (χ1) is 17.6. The molecule has 38 heavy (non-hydrogen) atoms. The van der Waals surface area contributed by atoms with Crippen LogP contribution >= 0.6 is 7.52 Å². The van der Waals surface area contributed by atoms with Gasteiger partial charge in [-0.1, -0.05) is 43.6 Å². The molecule has 3 N–H and O–H groups in total. The summed E-state index contributed by atoms with van der Waals surface area (Å²) in [5.41, 5.74) is 0.272. The van der Waals surface area contributed by atoms with Gasteiger partial charge in [0, 0.05) is 11.5 Å². The number of allylic oxidation sites excluding steroid dienone is 3. The second-order valence-corrected chi connectivity index (χ2v) is 13.0. The molecule has 1 aliphatic carbocycles. The number of carboxylic acid groups (broad SMARTS) is 1. The van der Waals surface area contributed by atoms with Gasteiger partial charge in [-0.25, -0.2) is 14.4 Å². The molecule has 0 spiro atoms. The fourth-order valence-electron chi connectivity index (χ4n) is 4.64. The molecule has 1 unspecified atom stereocenters. The molecule has 0 saturated heterocycles. The number of nitrogens with one attached hydrogen (secondary N) is 1. The summed E-state index contributed by atoms with van der Waals surface area (Å²) in [6.45, 7) is 16.0. The Balaban J connectivity index is 2.74. The lowest BCUT2D eigenvalue weighted by molar-refractivity contribution is -0.142. The van der Waals surface area contributed by atoms with Crippen LogP contribution in [0.15, 0.2) is 35.9 Å². The highest BCUT2D eigenvalue weighted by atomic mass is 31.2. The van der Waals surface area contributed by atoms with E-state index in [0.717, 1.165) is 48.8 Å². The van der Waals surface area contributed by atoms with E-state index in [0.29, 0.717) is 12.0 Å². The van der Waals surface area contributed by atoms with E-state index in [9.17, 15) is 24.4 Å². The van der Waals surface area contributed by atoms with Gasteiger partial charge in [0.2, 0.25) is 0 Å². The van der Waals surface area contributed by atoms with Crippen LogP contribution in [0.25, 0.3) is 0 Å². The van der Waals surface area contributed by atoms with Crippen molar-refractivity contribution in [2.45, 2.75) is 105 Å². The third-order valence-corrected chi connectivity index (χ3v) is 8.62. The Hall–Kier alpha value is -2.57. The second-order valence-electron chi connectivity index (χ2n) is 11.1. The van der Waals surface area contributed by atoms with Crippen LogP contribution in [0.1, 0.15) is 97.6 Å². The molecule has 0 radical (unpaired) electrons. The summed E-state index contributed by atoms with van der Waals surface area (Å²) >= 11 is 0. The normalized spacial score (nSPS) is 19.4. The van der Waals surface area contributed by atoms with Crippen LogP contribution in [-0.4, -0.2) is 33.5 Å². The number of aromatic hydroxyl groups is 1. The number of carbonyl (C=O) groups excluding carboxylic acids is 1. The van der Waals surface area contributed by atoms with Crippen LogP contribution in [0.2, 0.25) is 0 Å². The molecule has 0 heterocycles. The van der Waals surface area contributed by atoms with E-state index in [2.05, 4.69) is 18.6 Å². The quantitative estimate of drug-likeness (QED) is 0.130. The van der Waals surface area contributed by atoms with Crippen molar-refractivity contribution in [2.24, 2.45) is 5.92 Å². The monoisotopic (exact) mass is 549 g/mol. The second kappa shape index (κ2) is 13.0. The summed E-state index contributed by atoms with van der Waals surface area (Å²) in [5.74, 6) is -1.62. The predicted octanol–water partition coefficient (Wildman–Crippen LogP) is 7.71. The van der Waals surface area contributed by atoms with Crippen molar-refractivity contribution in [3.8, 4) is 11.5 Å². The summed E-state index contributed by atoms with van der Waals surface area (Å²) < 4.78 is 25.4. The molecule has 2 rings (SSSR count). The van der Waals surface area contributed by atoms with Gasteiger partial charge in [0.15, 0.2) is 0 Å². The lowest BCUT2D eigenvalue weighted by Crippen LogP contribution is -2.46. The Morgan fingerprint density at radius 2 is 1.92 bits per heavy atom. The zero-order valence-corrected chi connectivity index (χ0v) is 24.7. The number of rotatable bonds is 13. The first kappa shape index (κ1) is 31.6. The fraction of sp³-hybridized carbons (Fsp3) is 0.586. The van der Waals surface area contributed by atoms with Crippen molar-refractivity contribution in [2.75, 3.05) is 0 Å². The standard InChI is InChI=1S/C29H44NO7P/c1-9-10-11-12-21-16-24(31)26(23-15-20(6)13-14-22(23)18(2)3)25(17-21)37-38(35,28(34)36-19(4)5)30-29(7,8)27(32)33/h15-17,19,22-23,31H,2,9-14H2,1,3-8H3,(H,30,35)(H,32,33)/t22-,23+,38?/m0/s1. The summed E-state index contributed by atoms with van der Waals surface area (Å²) in [5, 5.41) is 23.4. The summed E-state index contributed by atoms with van der Waals surface area (Å²) in [6.07, 6.45) is 6.68. The Morgan fingerprint density at radius 1 is 1.26 bits per heavy atom. The van der Waals surface area contributed by atoms with Gasteiger partial charge < -0.3 is 19.5 Å². The highest BCUT2D eigenvalue weighted by molar-refractivity contribution is 7.74. The number of carboxylic acids is 1. The van der Waals surface area contributed by atoms with Gasteiger partial charge in [0.1, 0.15) is 17.0 Å². The number of aryl methyl sites for hydroxylation is 1. The Kier molecular flexibility index (Phi) is 10.8. The summed E-state index contributed by atoms with van der Waals surface area (Å²) in [6, 6.07) is 3.39. The van der Waals surface area contributed by atoms with Gasteiger partial charge in [0.05, 0.1) is 6.10 Å². The van der Waals surface area contributed by atoms with Crippen LogP contribution < -0.4 is 9.61 Å². The molecule has 0 amide bonds. The topological polar surface area (TPSA) is 122 Å². The average Bonchev–Trinajstić information content (AvgIpc) is 2.78. The SMILES string of the molecule is C=C(C)[C@@H]1CCC(C)=C[C@H]1c1c(O)cc(CCCCC)cc1OP(=O)(NC(C)(C)C(=O)O)C(=O)OC(C)C. The fourth-order valence-corrected chi connectivity index (χ4v) is 6.46. The average molecular weight is 550 g/mol. The van der Waals surface area contributed by atoms with Crippen LogP contribution in [0.3, 0.4) is 0 Å². The minimum absolute atomic E-state index is 0.0108. The molecule has 3 atom stereocenters. The van der Waals surface area contributed by atoms with Gasteiger partial charge in [-0.2, -0.15) is 0 Å².